The van der Waals surface area contributed by atoms with Gasteiger partial charge in [0.25, 0.3) is 5.56 Å². The molecule has 2 aromatic heterocycles. The lowest BCUT2D eigenvalue weighted by Gasteiger charge is -2.40. The molecule has 0 radical (unpaired) electrons. The Kier molecular flexibility index (Phi) is 8.56. The largest absolute Gasteiger partial charge is 0.444 e. The Morgan fingerprint density at radius 1 is 1.15 bits per heavy atom. The van der Waals surface area contributed by atoms with E-state index >= 15 is 0 Å². The molecule has 0 saturated carbocycles. The number of H-pyrrole nitrogens is 1. The number of aromatic amines is 1. The molecule has 1 aliphatic heterocycles. The molecule has 0 aliphatic carbocycles. The van der Waals surface area contributed by atoms with Gasteiger partial charge in [0.1, 0.15) is 11.4 Å². The molecule has 1 fully saturated rings. The average Bonchev–Trinajstić information content (AvgIpc) is 2.87. The number of hydrogen-bond donors (Lipinski definition) is 2. The molecule has 0 atom stereocenters. The normalized spacial score (nSPS) is 14.8. The molecule has 4 rings (SSSR count). The molecule has 8 nitrogen and oxygen atoms in total. The molecule has 0 bridgehead atoms. The zero-order valence-electron chi connectivity index (χ0n) is 24.4. The molecule has 222 valence electrons. The zero-order valence-corrected chi connectivity index (χ0v) is 24.4. The second-order valence-electron chi connectivity index (χ2n) is 11.5. The number of rotatable bonds is 6. The fourth-order valence-electron chi connectivity index (χ4n) is 5.39. The monoisotopic (exact) mass is 573 g/mol. The minimum Gasteiger partial charge on any atom is -0.444 e. The van der Waals surface area contributed by atoms with Gasteiger partial charge in [0.2, 0.25) is 0 Å². The van der Waals surface area contributed by atoms with Crippen LogP contribution in [-0.2, 0) is 17.5 Å². The number of halogens is 3. The van der Waals surface area contributed by atoms with E-state index in [-0.39, 0.29) is 30.1 Å². The molecule has 0 unspecified atom stereocenters. The smallest absolute Gasteiger partial charge is 0.416 e. The first-order chi connectivity index (χ1) is 19.2. The minimum absolute atomic E-state index is 0.0660. The molecule has 0 spiro atoms. The molecule has 2 N–H and O–H groups in total. The summed E-state index contributed by atoms with van der Waals surface area (Å²) < 4.78 is 47.9. The van der Waals surface area contributed by atoms with E-state index in [9.17, 15) is 22.8 Å². The van der Waals surface area contributed by atoms with Crippen molar-refractivity contribution in [3.8, 4) is 0 Å². The van der Waals surface area contributed by atoms with E-state index in [1.54, 1.807) is 24.1 Å². The number of hydrogen-bond acceptors (Lipinski definition) is 6. The van der Waals surface area contributed by atoms with Crippen molar-refractivity contribution < 1.29 is 22.7 Å². The number of alkyl halides is 3. The Morgan fingerprint density at radius 3 is 2.41 bits per heavy atom. The highest BCUT2D eigenvalue weighted by Crippen LogP contribution is 2.40. The van der Waals surface area contributed by atoms with E-state index in [1.807, 2.05) is 45.6 Å². The van der Waals surface area contributed by atoms with Crippen molar-refractivity contribution >= 4 is 28.4 Å². The van der Waals surface area contributed by atoms with E-state index in [1.165, 1.54) is 6.07 Å². The van der Waals surface area contributed by atoms with Gasteiger partial charge in [-0.05, 0) is 84.2 Å². The van der Waals surface area contributed by atoms with Crippen molar-refractivity contribution in [2.45, 2.75) is 78.7 Å². The summed E-state index contributed by atoms with van der Waals surface area (Å²) in [5.41, 5.74) is 0.843. The second kappa shape index (κ2) is 11.6. The Hall–Kier alpha value is -3.76. The van der Waals surface area contributed by atoms with Crippen molar-refractivity contribution in [2.24, 2.45) is 0 Å². The van der Waals surface area contributed by atoms with Crippen LogP contribution < -0.4 is 15.8 Å². The number of aromatic nitrogens is 2. The van der Waals surface area contributed by atoms with E-state index in [2.05, 4.69) is 15.3 Å². The number of carbonyl (C=O) groups is 1. The lowest BCUT2D eigenvalue weighted by molar-refractivity contribution is -0.137. The summed E-state index contributed by atoms with van der Waals surface area (Å²) in [5.74, 6) is 0.269. The number of piperidine rings is 1. The standard InChI is InChI=1S/C30H38F3N5O3/c1-7-38(21-9-12-37(13-10-21)28(40)41-29(4,5)6)25-16-20(30(31,32)33)15-23-22(25)8-11-34-26(23)35-17-24-18(2)14-19(3)36-27(24)39/h8,11,14-16,21H,7,9-10,12-13,17H2,1-6H3,(H,34,35)(H,36,39). The maximum absolute atomic E-state index is 14.1. The van der Waals surface area contributed by atoms with Crippen LogP contribution >= 0.6 is 0 Å². The fourth-order valence-corrected chi connectivity index (χ4v) is 5.39. The second-order valence-corrected chi connectivity index (χ2v) is 11.5. The fraction of sp³-hybridized carbons (Fsp3) is 0.500. The number of ether oxygens (including phenoxy) is 1. The molecular weight excluding hydrogens is 535 g/mol. The number of likely N-dealkylation sites (tertiary alicyclic amines) is 1. The van der Waals surface area contributed by atoms with Crippen LogP contribution in [0.3, 0.4) is 0 Å². The number of nitrogens with one attached hydrogen (secondary N) is 2. The van der Waals surface area contributed by atoms with Crippen LogP contribution in [0, 0.1) is 13.8 Å². The van der Waals surface area contributed by atoms with Crippen LogP contribution in [0.4, 0.5) is 29.5 Å². The Bertz CT molecular complexity index is 1470. The van der Waals surface area contributed by atoms with Crippen molar-refractivity contribution in [1.29, 1.82) is 0 Å². The number of amides is 1. The third kappa shape index (κ3) is 6.94. The van der Waals surface area contributed by atoms with Gasteiger partial charge in [0, 0.05) is 66.1 Å². The van der Waals surface area contributed by atoms with Gasteiger partial charge in [0.05, 0.1) is 5.56 Å². The number of pyridine rings is 2. The van der Waals surface area contributed by atoms with Crippen LogP contribution in [0.2, 0.25) is 0 Å². The lowest BCUT2D eigenvalue weighted by atomic mass is 9.99. The third-order valence-corrected chi connectivity index (χ3v) is 7.32. The molecular formula is C30H38F3N5O3. The van der Waals surface area contributed by atoms with Crippen LogP contribution in [0.25, 0.3) is 10.8 Å². The number of fused-ring (bicyclic) bond motifs is 1. The number of anilines is 2. The molecule has 1 saturated heterocycles. The summed E-state index contributed by atoms with van der Waals surface area (Å²) in [6, 6.07) is 5.81. The number of nitrogens with zero attached hydrogens (tertiary/aromatic N) is 3. The zero-order chi connectivity index (χ0) is 30.1. The molecule has 1 aliphatic rings. The highest BCUT2D eigenvalue weighted by Gasteiger charge is 2.34. The summed E-state index contributed by atoms with van der Waals surface area (Å²) >= 11 is 0. The molecule has 11 heteroatoms. The summed E-state index contributed by atoms with van der Waals surface area (Å²) in [6.07, 6.45) is -2.20. The van der Waals surface area contributed by atoms with Gasteiger partial charge in [-0.2, -0.15) is 13.2 Å². The first kappa shape index (κ1) is 30.2. The topological polar surface area (TPSA) is 90.6 Å². The maximum atomic E-state index is 14.1. The molecule has 41 heavy (non-hydrogen) atoms. The lowest BCUT2D eigenvalue weighted by Crippen LogP contribution is -2.48. The summed E-state index contributed by atoms with van der Waals surface area (Å²) in [4.78, 5) is 35.8. The first-order valence-corrected chi connectivity index (χ1v) is 13.9. The van der Waals surface area contributed by atoms with Crippen LogP contribution in [-0.4, -0.2) is 52.2 Å². The Morgan fingerprint density at radius 2 is 1.83 bits per heavy atom. The number of aryl methyl sites for hydroxylation is 2. The SMILES string of the molecule is CCN(c1cc(C(F)(F)F)cc2c(NCc3c(C)cc(C)[nH]c3=O)nccc12)C1CCN(C(=O)OC(C)(C)C)CC1. The van der Waals surface area contributed by atoms with Gasteiger partial charge in [-0.25, -0.2) is 9.78 Å². The van der Waals surface area contributed by atoms with Gasteiger partial charge in [0.15, 0.2) is 0 Å². The predicted octanol–water partition coefficient (Wildman–Crippen LogP) is 6.40. The van der Waals surface area contributed by atoms with Crippen molar-refractivity contribution in [2.75, 3.05) is 29.9 Å². The van der Waals surface area contributed by atoms with Crippen molar-refractivity contribution in [3.05, 3.63) is 63.2 Å². The van der Waals surface area contributed by atoms with E-state index in [0.29, 0.717) is 54.5 Å². The summed E-state index contributed by atoms with van der Waals surface area (Å²) in [5, 5.41) is 4.06. The van der Waals surface area contributed by atoms with E-state index in [0.717, 1.165) is 17.3 Å². The number of carbonyl (C=O) groups excluding carboxylic acids is 1. The third-order valence-electron chi connectivity index (χ3n) is 7.32. The van der Waals surface area contributed by atoms with Crippen molar-refractivity contribution in [1.82, 2.24) is 14.9 Å². The van der Waals surface area contributed by atoms with Crippen LogP contribution in [0.1, 0.15) is 62.9 Å². The summed E-state index contributed by atoms with van der Waals surface area (Å²) in [7, 11) is 0. The summed E-state index contributed by atoms with van der Waals surface area (Å²) in [6.45, 7) is 12.5. The predicted molar refractivity (Wildman–Crippen MR) is 154 cm³/mol. The molecule has 1 aromatic carbocycles. The van der Waals surface area contributed by atoms with Gasteiger partial charge in [-0.1, -0.05) is 0 Å². The average molecular weight is 574 g/mol. The quantitative estimate of drug-likeness (QED) is 0.355. The van der Waals surface area contributed by atoms with Gasteiger partial charge < -0.3 is 24.8 Å². The highest BCUT2D eigenvalue weighted by molar-refractivity contribution is 6.01. The molecule has 3 heterocycles. The van der Waals surface area contributed by atoms with Gasteiger partial charge >= 0.3 is 12.3 Å². The van der Waals surface area contributed by atoms with Crippen LogP contribution in [0.15, 0.2) is 35.3 Å². The molecule has 3 aromatic rings. The Labute approximate surface area is 237 Å². The van der Waals surface area contributed by atoms with Crippen LogP contribution in [0.5, 0.6) is 0 Å². The first-order valence-electron chi connectivity index (χ1n) is 13.9. The van der Waals surface area contributed by atoms with E-state index in [4.69, 9.17) is 4.74 Å². The number of benzene rings is 1. The maximum Gasteiger partial charge on any atom is 0.416 e. The minimum atomic E-state index is -4.57. The highest BCUT2D eigenvalue weighted by atomic mass is 19.4. The van der Waals surface area contributed by atoms with Gasteiger partial charge in [-0.3, -0.25) is 4.79 Å². The molecule has 1 amide bonds. The Balaban J connectivity index is 1.67. The van der Waals surface area contributed by atoms with E-state index < -0.39 is 17.3 Å². The van der Waals surface area contributed by atoms with Crippen molar-refractivity contribution in [3.63, 3.8) is 0 Å². The van der Waals surface area contributed by atoms with Gasteiger partial charge in [-0.15, -0.1) is 0 Å².